The number of hydrogen-bond acceptors (Lipinski definition) is 5. The van der Waals surface area contributed by atoms with Gasteiger partial charge in [-0.1, -0.05) is 0 Å². The van der Waals surface area contributed by atoms with Crippen LogP contribution in [-0.4, -0.2) is 40.2 Å². The fourth-order valence-electron chi connectivity index (χ4n) is 1.75. The van der Waals surface area contributed by atoms with Crippen molar-refractivity contribution in [2.75, 3.05) is 13.6 Å². The molecule has 2 rings (SSSR count). The smallest absolute Gasteiger partial charge is 0.271 e. The summed E-state index contributed by atoms with van der Waals surface area (Å²) in [5, 5.41) is 20.6. The van der Waals surface area contributed by atoms with Gasteiger partial charge in [-0.3, -0.25) is 14.9 Å². The zero-order chi connectivity index (χ0) is 16.1. The van der Waals surface area contributed by atoms with Gasteiger partial charge in [-0.15, -0.1) is 12.4 Å². The number of likely N-dealkylation sites (N-methyl/N-ethyl adjacent to an activating group) is 1. The Kier molecular flexibility index (Phi) is 6.67. The number of aromatic nitrogens is 2. The first-order chi connectivity index (χ1) is 10.5. The van der Waals surface area contributed by atoms with Gasteiger partial charge in [0.1, 0.15) is 0 Å². The van der Waals surface area contributed by atoms with Crippen LogP contribution in [-0.2, 0) is 0 Å². The third-order valence-corrected chi connectivity index (χ3v) is 3.21. The number of benzene rings is 1. The second-order valence-electron chi connectivity index (χ2n) is 4.82. The first-order valence-corrected chi connectivity index (χ1v) is 6.77. The van der Waals surface area contributed by atoms with Gasteiger partial charge in [0.2, 0.25) is 0 Å². The molecule has 1 aromatic heterocycles. The minimum absolute atomic E-state index is 0. The Morgan fingerprint density at radius 3 is 2.57 bits per heavy atom. The molecular weight excluding hydrogens is 322 g/mol. The van der Waals surface area contributed by atoms with E-state index in [0.717, 1.165) is 0 Å². The molecule has 0 aliphatic heterocycles. The summed E-state index contributed by atoms with van der Waals surface area (Å²) in [5.41, 5.74) is 0.949. The topological polar surface area (TPSA) is 102 Å². The van der Waals surface area contributed by atoms with Gasteiger partial charge < -0.3 is 10.6 Å². The number of nitro benzene ring substituents is 1. The highest BCUT2D eigenvalue weighted by Crippen LogP contribution is 2.14. The molecule has 0 saturated heterocycles. The number of halogens is 1. The van der Waals surface area contributed by atoms with Crippen LogP contribution in [0.5, 0.6) is 0 Å². The van der Waals surface area contributed by atoms with E-state index in [4.69, 9.17) is 0 Å². The van der Waals surface area contributed by atoms with Crippen LogP contribution < -0.4 is 10.6 Å². The number of carbonyl (C=O) groups is 1. The minimum atomic E-state index is -0.464. The third-order valence-electron chi connectivity index (χ3n) is 3.21. The summed E-state index contributed by atoms with van der Waals surface area (Å²) in [5.74, 6) is -0.261. The molecule has 2 N–H and O–H groups in total. The van der Waals surface area contributed by atoms with E-state index in [2.05, 4.69) is 15.7 Å². The van der Waals surface area contributed by atoms with Crippen molar-refractivity contribution in [3.8, 4) is 5.69 Å². The molecule has 1 heterocycles. The lowest BCUT2D eigenvalue weighted by molar-refractivity contribution is -0.384. The molecule has 1 unspecified atom stereocenters. The second-order valence-corrected chi connectivity index (χ2v) is 4.82. The molecule has 0 fully saturated rings. The van der Waals surface area contributed by atoms with Gasteiger partial charge in [0.25, 0.3) is 11.6 Å². The van der Waals surface area contributed by atoms with Crippen molar-refractivity contribution in [1.29, 1.82) is 0 Å². The van der Waals surface area contributed by atoms with Crippen LogP contribution in [0.2, 0.25) is 0 Å². The predicted molar refractivity (Wildman–Crippen MR) is 88.3 cm³/mol. The molecule has 9 heteroatoms. The third kappa shape index (κ3) is 4.76. The van der Waals surface area contributed by atoms with Crippen molar-refractivity contribution in [2.45, 2.75) is 13.0 Å². The molecule has 23 heavy (non-hydrogen) atoms. The fraction of sp³-hybridized carbons (Fsp3) is 0.286. The van der Waals surface area contributed by atoms with E-state index in [1.807, 2.05) is 14.0 Å². The van der Waals surface area contributed by atoms with Gasteiger partial charge in [-0.25, -0.2) is 4.68 Å². The quantitative estimate of drug-likeness (QED) is 0.614. The summed E-state index contributed by atoms with van der Waals surface area (Å²) in [6.07, 6.45) is 1.64. The van der Waals surface area contributed by atoms with Gasteiger partial charge in [-0.2, -0.15) is 5.10 Å². The van der Waals surface area contributed by atoms with E-state index in [1.54, 1.807) is 24.4 Å². The number of nitrogens with zero attached hydrogens (tertiary/aromatic N) is 3. The van der Waals surface area contributed by atoms with E-state index in [0.29, 0.717) is 17.9 Å². The summed E-state index contributed by atoms with van der Waals surface area (Å²) in [6.45, 7) is 2.45. The highest BCUT2D eigenvalue weighted by molar-refractivity contribution is 5.92. The number of nitrogens with one attached hydrogen (secondary N) is 2. The molecule has 0 spiro atoms. The molecule has 1 amide bonds. The lowest BCUT2D eigenvalue weighted by atomic mass is 10.3. The number of non-ortho nitro benzene ring substituents is 1. The Bertz CT molecular complexity index is 671. The fourth-order valence-corrected chi connectivity index (χ4v) is 1.75. The van der Waals surface area contributed by atoms with E-state index >= 15 is 0 Å². The van der Waals surface area contributed by atoms with Crippen molar-refractivity contribution < 1.29 is 9.72 Å². The van der Waals surface area contributed by atoms with Gasteiger partial charge in [0, 0.05) is 30.9 Å². The van der Waals surface area contributed by atoms with Crippen molar-refractivity contribution in [3.05, 3.63) is 52.3 Å². The van der Waals surface area contributed by atoms with Crippen LogP contribution in [0.1, 0.15) is 17.4 Å². The molecule has 0 radical (unpaired) electrons. The molecule has 1 aromatic carbocycles. The average Bonchev–Trinajstić information content (AvgIpc) is 3.02. The molecule has 8 nitrogen and oxygen atoms in total. The molecule has 2 aromatic rings. The van der Waals surface area contributed by atoms with Crippen molar-refractivity contribution in [3.63, 3.8) is 0 Å². The van der Waals surface area contributed by atoms with Crippen molar-refractivity contribution in [1.82, 2.24) is 20.4 Å². The summed E-state index contributed by atoms with van der Waals surface area (Å²) in [4.78, 5) is 22.1. The average molecular weight is 340 g/mol. The minimum Gasteiger partial charge on any atom is -0.349 e. The van der Waals surface area contributed by atoms with Crippen molar-refractivity contribution >= 4 is 24.0 Å². The standard InChI is InChI=1S/C14H17N5O3.ClH/c1-10(15-2)9-16-14(20)13-7-8-18(17-13)11-3-5-12(6-4-11)19(21)22;/h3-8,10,15H,9H2,1-2H3,(H,16,20);1H. The Morgan fingerprint density at radius 2 is 2.00 bits per heavy atom. The Balaban J connectivity index is 0.00000264. The summed E-state index contributed by atoms with van der Waals surface area (Å²) in [6, 6.07) is 7.71. The van der Waals surface area contributed by atoms with Gasteiger partial charge in [0.05, 0.1) is 10.6 Å². The summed E-state index contributed by atoms with van der Waals surface area (Å²) in [7, 11) is 1.82. The van der Waals surface area contributed by atoms with Crippen molar-refractivity contribution in [2.24, 2.45) is 0 Å². The molecule has 0 bridgehead atoms. The van der Waals surface area contributed by atoms with Crippen LogP contribution in [0, 0.1) is 10.1 Å². The maximum Gasteiger partial charge on any atom is 0.271 e. The van der Waals surface area contributed by atoms with E-state index in [9.17, 15) is 14.9 Å². The lowest BCUT2D eigenvalue weighted by Gasteiger charge is -2.10. The normalized spacial score (nSPS) is 11.4. The number of amides is 1. The molecule has 0 aliphatic carbocycles. The SMILES string of the molecule is CNC(C)CNC(=O)c1ccn(-c2ccc([N+](=O)[O-])cc2)n1.Cl. The highest BCUT2D eigenvalue weighted by atomic mass is 35.5. The summed E-state index contributed by atoms with van der Waals surface area (Å²) < 4.78 is 1.50. The highest BCUT2D eigenvalue weighted by Gasteiger charge is 2.11. The van der Waals surface area contributed by atoms with Crippen LogP contribution in [0.25, 0.3) is 5.69 Å². The second kappa shape index (κ2) is 8.25. The van der Waals surface area contributed by atoms with Gasteiger partial charge >= 0.3 is 0 Å². The van der Waals surface area contributed by atoms with Crippen LogP contribution in [0.4, 0.5) is 5.69 Å². The zero-order valence-corrected chi connectivity index (χ0v) is 13.5. The van der Waals surface area contributed by atoms with Gasteiger partial charge in [-0.05, 0) is 32.2 Å². The number of carbonyl (C=O) groups excluding carboxylic acids is 1. The maximum atomic E-state index is 11.9. The Hall–Kier alpha value is -2.45. The first-order valence-electron chi connectivity index (χ1n) is 6.77. The Morgan fingerprint density at radius 1 is 1.35 bits per heavy atom. The monoisotopic (exact) mass is 339 g/mol. The Labute approximate surface area is 139 Å². The zero-order valence-electron chi connectivity index (χ0n) is 12.7. The van der Waals surface area contributed by atoms with E-state index in [-0.39, 0.29) is 30.0 Å². The predicted octanol–water partition coefficient (Wildman–Crippen LogP) is 1.54. The molecular formula is C14H18ClN5O3. The summed E-state index contributed by atoms with van der Waals surface area (Å²) >= 11 is 0. The molecule has 0 saturated carbocycles. The molecule has 1 atom stereocenters. The largest absolute Gasteiger partial charge is 0.349 e. The number of nitro groups is 1. The first kappa shape index (κ1) is 18.6. The van der Waals surface area contributed by atoms with Gasteiger partial charge in [0.15, 0.2) is 5.69 Å². The van der Waals surface area contributed by atoms with Crippen LogP contribution in [0.15, 0.2) is 36.5 Å². The van der Waals surface area contributed by atoms with E-state index < -0.39 is 4.92 Å². The molecule has 124 valence electrons. The van der Waals surface area contributed by atoms with Crippen LogP contribution in [0.3, 0.4) is 0 Å². The molecule has 0 aliphatic rings. The van der Waals surface area contributed by atoms with E-state index in [1.165, 1.54) is 16.8 Å². The lowest BCUT2D eigenvalue weighted by Crippen LogP contribution is -2.37. The van der Waals surface area contributed by atoms with Crippen LogP contribution >= 0.6 is 12.4 Å². The number of rotatable bonds is 6. The maximum absolute atomic E-state index is 11.9. The number of hydrogen-bond donors (Lipinski definition) is 2.